The molecule has 7 heteroatoms. The Morgan fingerprint density at radius 1 is 1.38 bits per heavy atom. The highest BCUT2D eigenvalue weighted by atomic mass is 19.2. The lowest BCUT2D eigenvalue weighted by molar-refractivity contribution is -0.120. The van der Waals surface area contributed by atoms with E-state index in [1.807, 2.05) is 6.92 Å². The standard InChI is InChI=1S/C17H19F2N3O2/c1-9(23)21-16(2,3)15-20-14(24-22-15)11-8-17(11,4)10-5-6-12(18)13(19)7-10/h5-7,11H,8H2,1-4H3,(H,21,23). The van der Waals surface area contributed by atoms with E-state index in [0.717, 1.165) is 6.07 Å². The molecule has 1 aliphatic rings. The van der Waals surface area contributed by atoms with Crippen LogP contribution in [0.4, 0.5) is 8.78 Å². The molecule has 3 rings (SSSR count). The fourth-order valence-corrected chi connectivity index (χ4v) is 3.02. The molecule has 2 aromatic rings. The lowest BCUT2D eigenvalue weighted by Gasteiger charge is -2.20. The molecule has 1 heterocycles. The van der Waals surface area contributed by atoms with E-state index in [1.165, 1.54) is 13.0 Å². The molecule has 128 valence electrons. The lowest BCUT2D eigenvalue weighted by Crippen LogP contribution is -2.40. The third-order valence-corrected chi connectivity index (χ3v) is 4.60. The Hall–Kier alpha value is -2.31. The van der Waals surface area contributed by atoms with Crippen molar-refractivity contribution < 1.29 is 18.1 Å². The minimum atomic E-state index is -0.864. The zero-order valence-corrected chi connectivity index (χ0v) is 14.0. The second kappa shape index (κ2) is 5.36. The van der Waals surface area contributed by atoms with Gasteiger partial charge in [0.1, 0.15) is 0 Å². The van der Waals surface area contributed by atoms with Gasteiger partial charge in [-0.25, -0.2) is 8.78 Å². The Labute approximate surface area is 138 Å². The van der Waals surface area contributed by atoms with Crippen LogP contribution in [0.15, 0.2) is 22.7 Å². The quantitative estimate of drug-likeness (QED) is 0.932. The van der Waals surface area contributed by atoms with Gasteiger partial charge in [0.15, 0.2) is 17.5 Å². The number of amides is 1. The summed E-state index contributed by atoms with van der Waals surface area (Å²) in [5.74, 6) is -1.15. The first kappa shape index (κ1) is 16.5. The first-order valence-corrected chi connectivity index (χ1v) is 7.72. The minimum Gasteiger partial charge on any atom is -0.344 e. The van der Waals surface area contributed by atoms with Crippen molar-refractivity contribution in [2.45, 2.75) is 51.0 Å². The summed E-state index contributed by atoms with van der Waals surface area (Å²) in [5.41, 5.74) is -0.413. The second-order valence-corrected chi connectivity index (χ2v) is 7.07. The van der Waals surface area contributed by atoms with Crippen molar-refractivity contribution >= 4 is 5.91 Å². The fraction of sp³-hybridized carbons (Fsp3) is 0.471. The van der Waals surface area contributed by atoms with Gasteiger partial charge in [-0.15, -0.1) is 0 Å². The zero-order chi connectivity index (χ0) is 17.7. The van der Waals surface area contributed by atoms with Crippen molar-refractivity contribution in [3.05, 3.63) is 47.1 Å². The van der Waals surface area contributed by atoms with Crippen LogP contribution in [0.5, 0.6) is 0 Å². The molecule has 1 N–H and O–H groups in total. The largest absolute Gasteiger partial charge is 0.344 e. The van der Waals surface area contributed by atoms with Crippen LogP contribution in [0, 0.1) is 11.6 Å². The van der Waals surface area contributed by atoms with Gasteiger partial charge >= 0.3 is 0 Å². The van der Waals surface area contributed by atoms with Gasteiger partial charge in [0.25, 0.3) is 0 Å². The van der Waals surface area contributed by atoms with Gasteiger partial charge in [0, 0.05) is 18.3 Å². The number of hydrogen-bond acceptors (Lipinski definition) is 4. The van der Waals surface area contributed by atoms with Crippen molar-refractivity contribution in [2.24, 2.45) is 0 Å². The summed E-state index contributed by atoms with van der Waals surface area (Å²) in [6, 6.07) is 3.93. The van der Waals surface area contributed by atoms with Crippen LogP contribution in [0.25, 0.3) is 0 Å². The predicted molar refractivity (Wildman–Crippen MR) is 82.2 cm³/mol. The Morgan fingerprint density at radius 3 is 2.71 bits per heavy atom. The maximum absolute atomic E-state index is 13.5. The number of hydrogen-bond donors (Lipinski definition) is 1. The second-order valence-electron chi connectivity index (χ2n) is 7.07. The molecule has 24 heavy (non-hydrogen) atoms. The van der Waals surface area contributed by atoms with Crippen molar-refractivity contribution in [3.8, 4) is 0 Å². The molecule has 5 nitrogen and oxygen atoms in total. The van der Waals surface area contributed by atoms with E-state index in [0.29, 0.717) is 23.7 Å². The molecule has 0 saturated heterocycles. The molecule has 2 atom stereocenters. The number of rotatable bonds is 4. The monoisotopic (exact) mass is 335 g/mol. The number of aromatic nitrogens is 2. The summed E-state index contributed by atoms with van der Waals surface area (Å²) < 4.78 is 31.9. The lowest BCUT2D eigenvalue weighted by atomic mass is 9.95. The molecular formula is C17H19F2N3O2. The Bertz CT molecular complexity index is 803. The maximum Gasteiger partial charge on any atom is 0.230 e. The maximum atomic E-state index is 13.5. The highest BCUT2D eigenvalue weighted by molar-refractivity contribution is 5.73. The third kappa shape index (κ3) is 2.79. The van der Waals surface area contributed by atoms with E-state index in [-0.39, 0.29) is 17.2 Å². The molecule has 1 aromatic heterocycles. The number of benzene rings is 1. The van der Waals surface area contributed by atoms with Gasteiger partial charge in [-0.3, -0.25) is 4.79 Å². The topological polar surface area (TPSA) is 68.0 Å². The van der Waals surface area contributed by atoms with Crippen molar-refractivity contribution in [1.82, 2.24) is 15.5 Å². The number of nitrogens with one attached hydrogen (secondary N) is 1. The average molecular weight is 335 g/mol. The molecule has 0 bridgehead atoms. The van der Waals surface area contributed by atoms with Crippen LogP contribution < -0.4 is 5.32 Å². The van der Waals surface area contributed by atoms with Crippen LogP contribution in [0.2, 0.25) is 0 Å². The van der Waals surface area contributed by atoms with E-state index in [4.69, 9.17) is 4.52 Å². The smallest absolute Gasteiger partial charge is 0.230 e. The van der Waals surface area contributed by atoms with Gasteiger partial charge < -0.3 is 9.84 Å². The Balaban J connectivity index is 1.82. The number of halogens is 2. The van der Waals surface area contributed by atoms with Crippen LogP contribution >= 0.6 is 0 Å². The SMILES string of the molecule is CC(=O)NC(C)(C)c1noc(C2CC2(C)c2ccc(F)c(F)c2)n1. The van der Waals surface area contributed by atoms with Gasteiger partial charge in [0.05, 0.1) is 5.54 Å². The van der Waals surface area contributed by atoms with Gasteiger partial charge in [-0.1, -0.05) is 18.1 Å². The van der Waals surface area contributed by atoms with E-state index < -0.39 is 17.2 Å². The third-order valence-electron chi connectivity index (χ3n) is 4.60. The van der Waals surface area contributed by atoms with Crippen LogP contribution in [-0.4, -0.2) is 16.0 Å². The fourth-order valence-electron chi connectivity index (χ4n) is 3.02. The van der Waals surface area contributed by atoms with Gasteiger partial charge in [-0.2, -0.15) is 4.98 Å². The predicted octanol–water partition coefficient (Wildman–Crippen LogP) is 3.16. The van der Waals surface area contributed by atoms with E-state index in [2.05, 4.69) is 15.5 Å². The van der Waals surface area contributed by atoms with E-state index >= 15 is 0 Å². The van der Waals surface area contributed by atoms with Gasteiger partial charge in [-0.05, 0) is 38.0 Å². The van der Waals surface area contributed by atoms with Crippen LogP contribution in [0.3, 0.4) is 0 Å². The zero-order valence-electron chi connectivity index (χ0n) is 14.0. The highest BCUT2D eigenvalue weighted by Crippen LogP contribution is 2.59. The molecule has 0 radical (unpaired) electrons. The normalized spacial score (nSPS) is 23.2. The number of carbonyl (C=O) groups is 1. The molecule has 1 amide bonds. The summed E-state index contributed by atoms with van der Waals surface area (Å²) in [6.45, 7) is 6.94. The Morgan fingerprint density at radius 2 is 2.08 bits per heavy atom. The molecule has 1 saturated carbocycles. The molecule has 1 fully saturated rings. The molecule has 0 spiro atoms. The van der Waals surface area contributed by atoms with Crippen molar-refractivity contribution in [1.29, 1.82) is 0 Å². The first-order chi connectivity index (χ1) is 11.1. The average Bonchev–Trinajstić information content (AvgIpc) is 2.95. The summed E-state index contributed by atoms with van der Waals surface area (Å²) in [6.07, 6.45) is 0.709. The summed E-state index contributed by atoms with van der Waals surface area (Å²) in [7, 11) is 0. The van der Waals surface area contributed by atoms with E-state index in [1.54, 1.807) is 19.9 Å². The van der Waals surface area contributed by atoms with Crippen molar-refractivity contribution in [2.75, 3.05) is 0 Å². The molecule has 0 aliphatic heterocycles. The van der Waals surface area contributed by atoms with Crippen molar-refractivity contribution in [3.63, 3.8) is 0 Å². The van der Waals surface area contributed by atoms with Gasteiger partial charge in [0.2, 0.25) is 11.8 Å². The number of nitrogens with zero attached hydrogens (tertiary/aromatic N) is 2. The Kier molecular flexibility index (Phi) is 3.69. The highest BCUT2D eigenvalue weighted by Gasteiger charge is 2.55. The molecular weight excluding hydrogens is 316 g/mol. The summed E-state index contributed by atoms with van der Waals surface area (Å²) in [5, 5.41) is 6.72. The van der Waals surface area contributed by atoms with Crippen LogP contribution in [0.1, 0.15) is 57.3 Å². The minimum absolute atomic E-state index is 0.0586. The molecule has 1 aromatic carbocycles. The summed E-state index contributed by atoms with van der Waals surface area (Å²) in [4.78, 5) is 15.7. The molecule has 2 unspecified atom stereocenters. The summed E-state index contributed by atoms with van der Waals surface area (Å²) >= 11 is 0. The number of carbonyl (C=O) groups excluding carboxylic acids is 1. The molecule has 1 aliphatic carbocycles. The van der Waals surface area contributed by atoms with E-state index in [9.17, 15) is 13.6 Å². The first-order valence-electron chi connectivity index (χ1n) is 7.72. The van der Waals surface area contributed by atoms with Crippen LogP contribution in [-0.2, 0) is 15.7 Å².